The van der Waals surface area contributed by atoms with E-state index in [4.69, 9.17) is 15.6 Å². The summed E-state index contributed by atoms with van der Waals surface area (Å²) in [6.45, 7) is -0.392. The fraction of sp³-hybridized carbons (Fsp3) is 0.800. The Morgan fingerprint density at radius 3 is 2.22 bits per heavy atom. The van der Waals surface area contributed by atoms with Crippen molar-refractivity contribution in [2.24, 2.45) is 0 Å². The quantitative estimate of drug-likeness (QED) is 0.329. The van der Waals surface area contributed by atoms with Gasteiger partial charge in [-0.15, -0.1) is 0 Å². The fourth-order valence-electron chi connectivity index (χ4n) is 0.385. The summed E-state index contributed by atoms with van der Waals surface area (Å²) in [7, 11) is 3.28. The van der Waals surface area contributed by atoms with Crippen LogP contribution in [0.3, 0.4) is 0 Å². The van der Waals surface area contributed by atoms with Gasteiger partial charge in [0, 0.05) is 14.1 Å². The van der Waals surface area contributed by atoms with Crippen LogP contribution >= 0.6 is 0 Å². The Hall–Kier alpha value is -0.610. The molecule has 0 saturated heterocycles. The van der Waals surface area contributed by atoms with Gasteiger partial charge in [0.2, 0.25) is 0 Å². The van der Waals surface area contributed by atoms with E-state index in [1.54, 1.807) is 14.1 Å². The van der Waals surface area contributed by atoms with Gasteiger partial charge in [-0.3, -0.25) is 5.41 Å². The number of nitrogens with one attached hydrogen (secondary N) is 1. The number of amidine groups is 1. The zero-order valence-electron chi connectivity index (χ0n) is 5.63. The van der Waals surface area contributed by atoms with Crippen LogP contribution in [0.1, 0.15) is 0 Å². The number of hydrogen-bond acceptors (Lipinski definition) is 3. The highest BCUT2D eigenvalue weighted by Crippen LogP contribution is 1.86. The van der Waals surface area contributed by atoms with E-state index in [1.807, 2.05) is 0 Å². The third kappa shape index (κ3) is 2.43. The molecular weight excluding hydrogens is 120 g/mol. The summed E-state index contributed by atoms with van der Waals surface area (Å²) in [4.78, 5) is 1.45. The zero-order valence-corrected chi connectivity index (χ0v) is 5.63. The lowest BCUT2D eigenvalue weighted by Crippen LogP contribution is -2.35. The summed E-state index contributed by atoms with van der Waals surface area (Å²) in [6.07, 6.45) is -1.04. The Kier molecular flexibility index (Phi) is 3.19. The Bertz CT molecular complexity index is 103. The third-order valence-electron chi connectivity index (χ3n) is 0.970. The van der Waals surface area contributed by atoms with Crippen molar-refractivity contribution in [3.05, 3.63) is 0 Å². The van der Waals surface area contributed by atoms with E-state index in [2.05, 4.69) is 0 Å². The summed E-state index contributed by atoms with van der Waals surface area (Å²) in [6, 6.07) is 0. The first-order valence-electron chi connectivity index (χ1n) is 2.64. The van der Waals surface area contributed by atoms with Gasteiger partial charge >= 0.3 is 0 Å². The van der Waals surface area contributed by atoms with E-state index in [9.17, 15) is 0 Å². The molecule has 9 heavy (non-hydrogen) atoms. The van der Waals surface area contributed by atoms with Crippen molar-refractivity contribution in [1.29, 1.82) is 5.41 Å². The fourth-order valence-corrected chi connectivity index (χ4v) is 0.385. The van der Waals surface area contributed by atoms with Gasteiger partial charge in [0.25, 0.3) is 0 Å². The summed E-state index contributed by atoms with van der Waals surface area (Å²) in [5.41, 5.74) is 0. The van der Waals surface area contributed by atoms with Crippen molar-refractivity contribution < 1.29 is 10.2 Å². The van der Waals surface area contributed by atoms with E-state index < -0.39 is 12.7 Å². The van der Waals surface area contributed by atoms with Gasteiger partial charge < -0.3 is 15.1 Å². The molecule has 0 fully saturated rings. The van der Waals surface area contributed by atoms with Gasteiger partial charge in [-0.2, -0.15) is 0 Å². The molecule has 0 radical (unpaired) electrons. The molecule has 0 spiro atoms. The highest BCUT2D eigenvalue weighted by atomic mass is 16.3. The van der Waals surface area contributed by atoms with Crippen LogP contribution in [-0.4, -0.2) is 47.8 Å². The third-order valence-corrected chi connectivity index (χ3v) is 0.970. The second kappa shape index (κ2) is 3.42. The van der Waals surface area contributed by atoms with Crippen LogP contribution in [0, 0.1) is 5.41 Å². The maximum atomic E-state index is 8.78. The number of rotatable bonds is 2. The van der Waals surface area contributed by atoms with Crippen LogP contribution in [0.5, 0.6) is 0 Å². The Morgan fingerprint density at radius 2 is 2.11 bits per heavy atom. The standard InChI is InChI=1S/C5H12N2O2/c1-7(2)5(6)4(9)3-8/h4,6,8-9H,3H2,1-2H3. The SMILES string of the molecule is CN(C)C(=N)C(O)CO. The molecule has 0 aliphatic heterocycles. The lowest BCUT2D eigenvalue weighted by molar-refractivity contribution is 0.136. The molecule has 0 aliphatic rings. The van der Waals surface area contributed by atoms with Gasteiger partial charge in [0.15, 0.2) is 0 Å². The molecule has 4 nitrogen and oxygen atoms in total. The summed E-state index contributed by atoms with van der Waals surface area (Å²) in [5, 5.41) is 24.2. The highest BCUT2D eigenvalue weighted by Gasteiger charge is 2.09. The topological polar surface area (TPSA) is 67.6 Å². The van der Waals surface area contributed by atoms with Crippen LogP contribution in [-0.2, 0) is 0 Å². The van der Waals surface area contributed by atoms with E-state index >= 15 is 0 Å². The van der Waals surface area contributed by atoms with E-state index in [0.29, 0.717) is 0 Å². The van der Waals surface area contributed by atoms with E-state index in [-0.39, 0.29) is 5.84 Å². The first-order valence-corrected chi connectivity index (χ1v) is 2.64. The molecule has 1 unspecified atom stereocenters. The smallest absolute Gasteiger partial charge is 0.134 e. The minimum atomic E-state index is -1.04. The lowest BCUT2D eigenvalue weighted by Gasteiger charge is -2.16. The molecule has 54 valence electrons. The number of hydrogen-bond donors (Lipinski definition) is 3. The Labute approximate surface area is 54.2 Å². The molecule has 0 aromatic carbocycles. The number of likely N-dealkylation sites (N-methyl/N-ethyl adjacent to an activating group) is 1. The van der Waals surface area contributed by atoms with Gasteiger partial charge in [0.1, 0.15) is 11.9 Å². The summed E-state index contributed by atoms with van der Waals surface area (Å²) in [5.74, 6) is 0.0255. The maximum Gasteiger partial charge on any atom is 0.134 e. The van der Waals surface area contributed by atoms with Crippen molar-refractivity contribution in [3.63, 3.8) is 0 Å². The molecule has 0 aliphatic carbocycles. The normalized spacial score (nSPS) is 12.9. The van der Waals surface area contributed by atoms with E-state index in [1.165, 1.54) is 4.90 Å². The van der Waals surface area contributed by atoms with Crippen LogP contribution in [0.15, 0.2) is 0 Å². The predicted molar refractivity (Wildman–Crippen MR) is 34.5 cm³/mol. The summed E-state index contributed by atoms with van der Waals surface area (Å²) < 4.78 is 0. The van der Waals surface area contributed by atoms with Crippen LogP contribution in [0.2, 0.25) is 0 Å². The van der Waals surface area contributed by atoms with Crippen molar-refractivity contribution >= 4 is 5.84 Å². The van der Waals surface area contributed by atoms with Crippen LogP contribution in [0.25, 0.3) is 0 Å². The lowest BCUT2D eigenvalue weighted by atomic mass is 10.3. The molecule has 0 aromatic rings. The molecule has 0 heterocycles. The summed E-state index contributed by atoms with van der Waals surface area (Å²) >= 11 is 0. The average molecular weight is 132 g/mol. The van der Waals surface area contributed by atoms with Crippen molar-refractivity contribution in [1.82, 2.24) is 4.90 Å². The first kappa shape index (κ1) is 8.39. The number of nitrogens with zero attached hydrogens (tertiary/aromatic N) is 1. The highest BCUT2D eigenvalue weighted by molar-refractivity contribution is 5.82. The molecule has 1 atom stereocenters. The molecular formula is C5H12N2O2. The number of aliphatic hydroxyl groups is 2. The molecule has 0 rings (SSSR count). The monoisotopic (exact) mass is 132 g/mol. The first-order chi connectivity index (χ1) is 4.09. The largest absolute Gasteiger partial charge is 0.393 e. The van der Waals surface area contributed by atoms with Crippen LogP contribution in [0.4, 0.5) is 0 Å². The van der Waals surface area contributed by atoms with Gasteiger partial charge in [0.05, 0.1) is 6.61 Å². The molecule has 0 saturated carbocycles. The number of aliphatic hydroxyl groups excluding tert-OH is 2. The molecule has 4 heteroatoms. The zero-order chi connectivity index (χ0) is 7.44. The van der Waals surface area contributed by atoms with Crippen molar-refractivity contribution in [2.75, 3.05) is 20.7 Å². The predicted octanol–water partition coefficient (Wildman–Crippen LogP) is -1.12. The van der Waals surface area contributed by atoms with E-state index in [0.717, 1.165) is 0 Å². The molecule has 3 N–H and O–H groups in total. The minimum absolute atomic E-state index is 0.0255. The maximum absolute atomic E-state index is 8.78. The van der Waals surface area contributed by atoms with Crippen molar-refractivity contribution in [2.45, 2.75) is 6.10 Å². The molecule has 0 amide bonds. The van der Waals surface area contributed by atoms with Gasteiger partial charge in [-0.05, 0) is 0 Å². The molecule has 0 bridgehead atoms. The van der Waals surface area contributed by atoms with Crippen molar-refractivity contribution in [3.8, 4) is 0 Å². The second-order valence-corrected chi connectivity index (χ2v) is 1.98. The Morgan fingerprint density at radius 1 is 1.67 bits per heavy atom. The average Bonchev–Trinajstić information content (AvgIpc) is 1.84. The van der Waals surface area contributed by atoms with Crippen LogP contribution < -0.4 is 0 Å². The molecule has 0 aromatic heterocycles. The second-order valence-electron chi connectivity index (χ2n) is 1.98. The van der Waals surface area contributed by atoms with Gasteiger partial charge in [-0.25, -0.2) is 0 Å². The minimum Gasteiger partial charge on any atom is -0.393 e. The van der Waals surface area contributed by atoms with Gasteiger partial charge in [-0.1, -0.05) is 0 Å². The Balaban J connectivity index is 3.73.